The highest BCUT2D eigenvalue weighted by Gasteiger charge is 2.31. The molecule has 0 bridgehead atoms. The van der Waals surface area contributed by atoms with Gasteiger partial charge in [-0.15, -0.1) is 0 Å². The van der Waals surface area contributed by atoms with Gasteiger partial charge in [0.1, 0.15) is 5.69 Å². The highest BCUT2D eigenvalue weighted by molar-refractivity contribution is 6.00. The Bertz CT molecular complexity index is 1170. The molecule has 0 saturated carbocycles. The van der Waals surface area contributed by atoms with Crippen molar-refractivity contribution in [2.45, 2.75) is 39.5 Å². The number of nitrogens with zero attached hydrogens (tertiary/aromatic N) is 5. The number of piperazine rings is 1. The zero-order valence-electron chi connectivity index (χ0n) is 20.2. The minimum atomic E-state index is -0.250. The van der Waals surface area contributed by atoms with E-state index in [1.54, 1.807) is 28.9 Å². The standard InChI is InChI=1S/C26H33N5O3/c1-4-9-19(10-5-2)24(32)29-13-15-30(16-14-29)25(33)21-17-28(3)18-22-23(21)27-31(26(22)34)20-11-7-6-8-12-20/h6-8,11-12,17-19H,4-5,9-10,13-16H2,1-3H3. The molecule has 1 fully saturated rings. The molecule has 1 aromatic rings. The molecule has 3 aliphatic heterocycles. The maximum Gasteiger partial charge on any atom is 0.282 e. The molecule has 0 aromatic heterocycles. The Labute approximate surface area is 200 Å². The lowest BCUT2D eigenvalue weighted by Crippen LogP contribution is -2.52. The second-order valence-electron chi connectivity index (χ2n) is 9.04. The number of para-hydroxylation sites is 1. The molecule has 34 heavy (non-hydrogen) atoms. The molecule has 0 spiro atoms. The van der Waals surface area contributed by atoms with Crippen LogP contribution in [0.5, 0.6) is 0 Å². The van der Waals surface area contributed by atoms with Gasteiger partial charge in [0.25, 0.3) is 11.5 Å². The van der Waals surface area contributed by atoms with E-state index in [9.17, 15) is 14.4 Å². The number of aryl methyl sites for hydroxylation is 1. The number of amides is 2. The quantitative estimate of drug-likeness (QED) is 0.539. The summed E-state index contributed by atoms with van der Waals surface area (Å²) in [6.45, 7) is 6.22. The van der Waals surface area contributed by atoms with Gasteiger partial charge in [-0.3, -0.25) is 14.4 Å². The molecule has 8 nitrogen and oxygen atoms in total. The third kappa shape index (κ3) is 4.62. The number of aromatic nitrogens is 3. The van der Waals surface area contributed by atoms with Crippen molar-refractivity contribution in [3.8, 4) is 16.9 Å². The molecule has 8 heteroatoms. The molecule has 0 N–H and O–H groups in total. The van der Waals surface area contributed by atoms with E-state index in [0.29, 0.717) is 48.7 Å². The fraction of sp³-hybridized carbons (Fsp3) is 0.462. The molecule has 1 saturated heterocycles. The van der Waals surface area contributed by atoms with E-state index >= 15 is 0 Å². The average molecular weight is 464 g/mol. The van der Waals surface area contributed by atoms with Crippen molar-refractivity contribution in [1.82, 2.24) is 24.1 Å². The van der Waals surface area contributed by atoms with Crippen molar-refractivity contribution in [2.24, 2.45) is 13.0 Å². The van der Waals surface area contributed by atoms with Gasteiger partial charge < -0.3 is 14.4 Å². The van der Waals surface area contributed by atoms with Gasteiger partial charge >= 0.3 is 0 Å². The molecule has 0 aliphatic carbocycles. The highest BCUT2D eigenvalue weighted by Crippen LogP contribution is 2.24. The minimum Gasteiger partial charge on any atom is -0.356 e. The van der Waals surface area contributed by atoms with Crippen LogP contribution in [0.1, 0.15) is 49.9 Å². The number of pyridine rings is 1. The smallest absolute Gasteiger partial charge is 0.282 e. The maximum atomic E-state index is 13.5. The first kappa shape index (κ1) is 23.7. The molecule has 4 rings (SSSR count). The van der Waals surface area contributed by atoms with E-state index < -0.39 is 0 Å². The number of rotatable bonds is 7. The summed E-state index contributed by atoms with van der Waals surface area (Å²) < 4.78 is 3.08. The van der Waals surface area contributed by atoms with Crippen LogP contribution in [-0.2, 0) is 11.8 Å². The summed E-state index contributed by atoms with van der Waals surface area (Å²) in [5, 5.41) is 4.53. The molecule has 0 atom stereocenters. The lowest BCUT2D eigenvalue weighted by molar-refractivity contribution is -0.137. The highest BCUT2D eigenvalue weighted by atomic mass is 16.2. The number of carbonyl (C=O) groups excluding carboxylic acids is 2. The zero-order chi connectivity index (χ0) is 24.2. The Kier molecular flexibility index (Phi) is 7.14. The molecule has 0 unspecified atom stereocenters. The first-order valence-electron chi connectivity index (χ1n) is 12.2. The Morgan fingerprint density at radius 1 is 0.941 bits per heavy atom. The van der Waals surface area contributed by atoms with Gasteiger partial charge in [-0.25, -0.2) is 0 Å². The van der Waals surface area contributed by atoms with Crippen LogP contribution in [0.3, 0.4) is 0 Å². The third-order valence-electron chi connectivity index (χ3n) is 6.53. The van der Waals surface area contributed by atoms with E-state index in [2.05, 4.69) is 18.9 Å². The second-order valence-corrected chi connectivity index (χ2v) is 9.04. The summed E-state index contributed by atoms with van der Waals surface area (Å²) in [6, 6.07) is 9.20. The minimum absolute atomic E-state index is 0.0717. The monoisotopic (exact) mass is 463 g/mol. The topological polar surface area (TPSA) is 80.4 Å². The van der Waals surface area contributed by atoms with Crippen molar-refractivity contribution >= 4 is 11.8 Å². The van der Waals surface area contributed by atoms with Crippen molar-refractivity contribution < 1.29 is 9.59 Å². The van der Waals surface area contributed by atoms with Crippen molar-refractivity contribution in [2.75, 3.05) is 26.2 Å². The predicted octanol–water partition coefficient (Wildman–Crippen LogP) is 3.18. The second kappa shape index (κ2) is 10.2. The van der Waals surface area contributed by atoms with Crippen LogP contribution in [0.4, 0.5) is 0 Å². The van der Waals surface area contributed by atoms with Crippen LogP contribution in [0.25, 0.3) is 16.9 Å². The van der Waals surface area contributed by atoms with E-state index in [0.717, 1.165) is 25.7 Å². The normalized spacial score (nSPS) is 14.2. The van der Waals surface area contributed by atoms with Crippen LogP contribution in [0, 0.1) is 5.92 Å². The van der Waals surface area contributed by atoms with E-state index in [1.165, 1.54) is 4.68 Å². The summed E-state index contributed by atoms with van der Waals surface area (Å²) in [5.74, 6) is 0.119. The van der Waals surface area contributed by atoms with Gasteiger partial charge in [-0.1, -0.05) is 44.9 Å². The van der Waals surface area contributed by atoms with E-state index in [-0.39, 0.29) is 23.3 Å². The SMILES string of the molecule is CCCC(CCC)C(=O)N1CCN(C(=O)c2cn(C)cc3c(=O)n(-c4ccccc4)nc2-3)CC1. The summed E-state index contributed by atoms with van der Waals surface area (Å²) in [4.78, 5) is 43.2. The van der Waals surface area contributed by atoms with Crippen molar-refractivity contribution in [3.05, 3.63) is 58.6 Å². The number of hydrogen-bond acceptors (Lipinski definition) is 4. The van der Waals surface area contributed by atoms with Gasteiger partial charge in [0.05, 0.1) is 16.8 Å². The van der Waals surface area contributed by atoms with Crippen LogP contribution < -0.4 is 5.56 Å². The van der Waals surface area contributed by atoms with Gasteiger partial charge in [0, 0.05) is 51.5 Å². The van der Waals surface area contributed by atoms with Crippen molar-refractivity contribution in [1.29, 1.82) is 0 Å². The maximum absolute atomic E-state index is 13.5. The zero-order valence-corrected chi connectivity index (χ0v) is 20.2. The molecular weight excluding hydrogens is 430 g/mol. The number of carbonyl (C=O) groups is 2. The first-order chi connectivity index (χ1) is 16.4. The Morgan fingerprint density at radius 2 is 1.56 bits per heavy atom. The third-order valence-corrected chi connectivity index (χ3v) is 6.53. The van der Waals surface area contributed by atoms with Gasteiger partial charge in [0.2, 0.25) is 5.91 Å². The molecule has 180 valence electrons. The summed E-state index contributed by atoms with van der Waals surface area (Å²) >= 11 is 0. The molecule has 3 heterocycles. The van der Waals surface area contributed by atoms with E-state index in [1.807, 2.05) is 35.2 Å². The summed E-state index contributed by atoms with van der Waals surface area (Å²) in [6.07, 6.45) is 7.24. The Hall–Kier alpha value is -3.42. The largest absolute Gasteiger partial charge is 0.356 e. The van der Waals surface area contributed by atoms with Crippen LogP contribution in [-0.4, -0.2) is 62.1 Å². The molecule has 0 radical (unpaired) electrons. The fourth-order valence-electron chi connectivity index (χ4n) is 4.78. The van der Waals surface area contributed by atoms with Crippen molar-refractivity contribution in [3.63, 3.8) is 0 Å². The lowest BCUT2D eigenvalue weighted by Gasteiger charge is -2.36. The van der Waals surface area contributed by atoms with Crippen LogP contribution >= 0.6 is 0 Å². The Balaban J connectivity index is 1.55. The summed E-state index contributed by atoms with van der Waals surface area (Å²) in [7, 11) is 1.80. The molecular formula is C26H33N5O3. The van der Waals surface area contributed by atoms with Crippen LogP contribution in [0.15, 0.2) is 47.5 Å². The number of benzene rings is 1. The van der Waals surface area contributed by atoms with Crippen LogP contribution in [0.2, 0.25) is 0 Å². The van der Waals surface area contributed by atoms with E-state index in [4.69, 9.17) is 0 Å². The average Bonchev–Trinajstić information content (AvgIpc) is 3.19. The predicted molar refractivity (Wildman–Crippen MR) is 131 cm³/mol. The molecule has 2 amide bonds. The van der Waals surface area contributed by atoms with Gasteiger partial charge in [-0.05, 0) is 25.0 Å². The first-order valence-corrected chi connectivity index (χ1v) is 12.2. The number of fused-ring (bicyclic) bond motifs is 1. The van der Waals surface area contributed by atoms with Gasteiger partial charge in [0.15, 0.2) is 0 Å². The fourth-order valence-corrected chi connectivity index (χ4v) is 4.78. The lowest BCUT2D eigenvalue weighted by atomic mass is 9.96. The molecule has 3 aliphatic rings. The van der Waals surface area contributed by atoms with Gasteiger partial charge in [-0.2, -0.15) is 9.78 Å². The number of hydrogen-bond donors (Lipinski definition) is 0. The summed E-state index contributed by atoms with van der Waals surface area (Å²) in [5.41, 5.74) is 1.63. The Morgan fingerprint density at radius 3 is 2.18 bits per heavy atom. The molecule has 1 aromatic carbocycles.